The summed E-state index contributed by atoms with van der Waals surface area (Å²) >= 11 is 0. The fraction of sp³-hybridized carbons (Fsp3) is 0.276. The Kier molecular flexibility index (Phi) is 7.63. The number of alkyl halides is 3. The van der Waals surface area contributed by atoms with Crippen LogP contribution >= 0.6 is 0 Å². The maximum Gasteiger partial charge on any atom is 0.416 e. The molecule has 1 aliphatic heterocycles. The van der Waals surface area contributed by atoms with Gasteiger partial charge in [0.05, 0.1) is 25.8 Å². The molecule has 0 amide bonds. The Bertz CT molecular complexity index is 1580. The van der Waals surface area contributed by atoms with Crippen LogP contribution in [0.1, 0.15) is 16.7 Å². The van der Waals surface area contributed by atoms with Gasteiger partial charge in [-0.25, -0.2) is 4.79 Å². The van der Waals surface area contributed by atoms with Crippen molar-refractivity contribution in [3.05, 3.63) is 117 Å². The Morgan fingerprint density at radius 2 is 1.52 bits per heavy atom. The van der Waals surface area contributed by atoms with Gasteiger partial charge in [-0.05, 0) is 47.5 Å². The molecule has 5 rings (SSSR count). The van der Waals surface area contributed by atoms with Crippen molar-refractivity contribution < 1.29 is 17.9 Å². The molecule has 3 heterocycles. The van der Waals surface area contributed by atoms with Gasteiger partial charge in [-0.2, -0.15) is 13.2 Å². The first kappa shape index (κ1) is 27.0. The third kappa shape index (κ3) is 5.88. The van der Waals surface area contributed by atoms with Crippen LogP contribution in [-0.4, -0.2) is 47.4 Å². The number of halogens is 3. The van der Waals surface area contributed by atoms with Gasteiger partial charge in [-0.3, -0.25) is 18.9 Å². The molecular formula is C29H28F3N5O3. The molecule has 1 aliphatic rings. The van der Waals surface area contributed by atoms with Crippen LogP contribution in [0.2, 0.25) is 0 Å². The van der Waals surface area contributed by atoms with Crippen molar-refractivity contribution in [1.82, 2.24) is 14.1 Å². The number of aromatic nitrogens is 3. The van der Waals surface area contributed by atoms with E-state index in [1.807, 2.05) is 21.9 Å². The molecule has 0 bridgehead atoms. The molecule has 11 heteroatoms. The van der Waals surface area contributed by atoms with E-state index >= 15 is 0 Å². The largest absolute Gasteiger partial charge is 0.497 e. The summed E-state index contributed by atoms with van der Waals surface area (Å²) in [4.78, 5) is 34.8. The highest BCUT2D eigenvalue weighted by molar-refractivity contribution is 5.52. The van der Waals surface area contributed by atoms with Gasteiger partial charge in [-0.15, -0.1) is 0 Å². The van der Waals surface area contributed by atoms with Crippen LogP contribution in [0.25, 0.3) is 0 Å². The van der Waals surface area contributed by atoms with E-state index in [2.05, 4.69) is 4.98 Å². The van der Waals surface area contributed by atoms with Crippen LogP contribution in [0.4, 0.5) is 24.7 Å². The highest BCUT2D eigenvalue weighted by Gasteiger charge is 2.31. The lowest BCUT2D eigenvalue weighted by Gasteiger charge is -2.38. The molecule has 2 aromatic carbocycles. The van der Waals surface area contributed by atoms with Crippen LogP contribution in [0.15, 0.2) is 88.7 Å². The quantitative estimate of drug-likeness (QED) is 0.348. The number of piperazine rings is 1. The maximum atomic E-state index is 13.7. The van der Waals surface area contributed by atoms with Gasteiger partial charge < -0.3 is 14.5 Å². The lowest BCUT2D eigenvalue weighted by atomic mass is 10.1. The van der Waals surface area contributed by atoms with Crippen molar-refractivity contribution in [2.24, 2.45) is 0 Å². The average molecular weight is 552 g/mol. The normalized spacial score (nSPS) is 13.9. The van der Waals surface area contributed by atoms with Gasteiger partial charge in [-0.1, -0.05) is 24.3 Å². The number of rotatable bonds is 7. The summed E-state index contributed by atoms with van der Waals surface area (Å²) in [6.45, 7) is 2.00. The number of nitrogens with zero attached hydrogens (tertiary/aromatic N) is 5. The Labute approximate surface area is 228 Å². The fourth-order valence-electron chi connectivity index (χ4n) is 4.82. The summed E-state index contributed by atoms with van der Waals surface area (Å²) in [5.41, 5.74) is 0.464. The van der Waals surface area contributed by atoms with Crippen molar-refractivity contribution in [2.45, 2.75) is 19.3 Å². The summed E-state index contributed by atoms with van der Waals surface area (Å²) in [6.07, 6.45) is -1.19. The van der Waals surface area contributed by atoms with Crippen molar-refractivity contribution in [3.8, 4) is 5.75 Å². The average Bonchev–Trinajstić information content (AvgIpc) is 2.97. The van der Waals surface area contributed by atoms with Crippen LogP contribution in [0.5, 0.6) is 5.75 Å². The SMILES string of the molecule is COc1ccc(Cn2c(N3CCN(c4cccc(C(F)(F)F)c4)CC3)cc(=O)n(Cc3cccnc3)c2=O)cc1. The third-order valence-electron chi connectivity index (χ3n) is 6.96. The van der Waals surface area contributed by atoms with Crippen molar-refractivity contribution in [1.29, 1.82) is 0 Å². The van der Waals surface area contributed by atoms with Crippen LogP contribution in [0, 0.1) is 0 Å². The number of anilines is 2. The number of hydrogen-bond acceptors (Lipinski definition) is 6. The zero-order chi connectivity index (χ0) is 28.3. The smallest absolute Gasteiger partial charge is 0.416 e. The predicted molar refractivity (Wildman–Crippen MR) is 146 cm³/mol. The Balaban J connectivity index is 1.45. The molecule has 4 aromatic rings. The van der Waals surface area contributed by atoms with E-state index in [4.69, 9.17) is 4.74 Å². The number of pyridine rings is 1. The van der Waals surface area contributed by atoms with Crippen LogP contribution in [0.3, 0.4) is 0 Å². The zero-order valence-electron chi connectivity index (χ0n) is 21.8. The molecule has 0 unspecified atom stereocenters. The van der Waals surface area contributed by atoms with E-state index in [9.17, 15) is 22.8 Å². The van der Waals surface area contributed by atoms with Crippen LogP contribution in [-0.2, 0) is 19.3 Å². The molecule has 1 saturated heterocycles. The zero-order valence-corrected chi connectivity index (χ0v) is 21.8. The molecular weight excluding hydrogens is 523 g/mol. The highest BCUT2D eigenvalue weighted by atomic mass is 19.4. The molecule has 8 nitrogen and oxygen atoms in total. The van der Waals surface area contributed by atoms with Gasteiger partial charge in [0.2, 0.25) is 0 Å². The number of benzene rings is 2. The molecule has 2 aromatic heterocycles. The minimum Gasteiger partial charge on any atom is -0.497 e. The molecule has 40 heavy (non-hydrogen) atoms. The van der Waals surface area contributed by atoms with E-state index < -0.39 is 23.0 Å². The lowest BCUT2D eigenvalue weighted by molar-refractivity contribution is -0.137. The summed E-state index contributed by atoms with van der Waals surface area (Å²) in [5, 5.41) is 0. The monoisotopic (exact) mass is 551 g/mol. The predicted octanol–water partition coefficient (Wildman–Crippen LogP) is 3.86. The van der Waals surface area contributed by atoms with Gasteiger partial charge in [0.15, 0.2) is 0 Å². The molecule has 208 valence electrons. The standard InChI is InChI=1S/C29H28F3N5O3/c1-40-25-9-7-21(8-10-25)19-36-26(17-27(38)37(28(36)39)20-22-4-3-11-33-18-22)35-14-12-34(13-15-35)24-6-2-5-23(16-24)29(30,31)32/h2-11,16-18H,12-15,19-20H2,1H3. The molecule has 0 radical (unpaired) electrons. The second kappa shape index (κ2) is 11.3. The van der Waals surface area contributed by atoms with Crippen molar-refractivity contribution in [3.63, 3.8) is 0 Å². The first-order chi connectivity index (χ1) is 19.2. The first-order valence-electron chi connectivity index (χ1n) is 12.8. The van der Waals surface area contributed by atoms with Crippen LogP contribution < -0.4 is 25.8 Å². The Morgan fingerprint density at radius 3 is 2.17 bits per heavy atom. The molecule has 0 spiro atoms. The van der Waals surface area contributed by atoms with Gasteiger partial charge in [0.25, 0.3) is 5.56 Å². The first-order valence-corrected chi connectivity index (χ1v) is 12.8. The van der Waals surface area contributed by atoms with E-state index in [0.717, 1.165) is 23.3 Å². The maximum absolute atomic E-state index is 13.7. The topological polar surface area (TPSA) is 72.6 Å². The van der Waals surface area contributed by atoms with E-state index in [-0.39, 0.29) is 13.1 Å². The second-order valence-electron chi connectivity index (χ2n) is 9.53. The number of ether oxygens (including phenoxy) is 1. The second-order valence-corrected chi connectivity index (χ2v) is 9.53. The summed E-state index contributed by atoms with van der Waals surface area (Å²) < 4.78 is 47.7. The summed E-state index contributed by atoms with van der Waals surface area (Å²) in [6, 6.07) is 17.6. The molecule has 0 atom stereocenters. The third-order valence-corrected chi connectivity index (χ3v) is 6.96. The number of hydrogen-bond donors (Lipinski definition) is 0. The number of methoxy groups -OCH3 is 1. The minimum absolute atomic E-state index is 0.0811. The van der Waals surface area contributed by atoms with Gasteiger partial charge in [0.1, 0.15) is 11.6 Å². The van der Waals surface area contributed by atoms with E-state index in [1.165, 1.54) is 16.7 Å². The lowest BCUT2D eigenvalue weighted by Crippen LogP contribution is -2.50. The van der Waals surface area contributed by atoms with E-state index in [1.54, 1.807) is 54.4 Å². The van der Waals surface area contributed by atoms with Gasteiger partial charge >= 0.3 is 11.9 Å². The summed E-state index contributed by atoms with van der Waals surface area (Å²) in [5.74, 6) is 1.15. The molecule has 0 saturated carbocycles. The van der Waals surface area contributed by atoms with Crippen molar-refractivity contribution >= 4 is 11.5 Å². The van der Waals surface area contributed by atoms with E-state index in [0.29, 0.717) is 43.4 Å². The molecule has 0 N–H and O–H groups in total. The molecule has 0 aliphatic carbocycles. The molecule has 1 fully saturated rings. The Morgan fingerprint density at radius 1 is 0.825 bits per heavy atom. The summed E-state index contributed by atoms with van der Waals surface area (Å²) in [7, 11) is 1.57. The highest BCUT2D eigenvalue weighted by Crippen LogP contribution is 2.32. The minimum atomic E-state index is -4.42. The fourth-order valence-corrected chi connectivity index (χ4v) is 4.82. The Hall–Kier alpha value is -4.54. The van der Waals surface area contributed by atoms with Crippen molar-refractivity contribution in [2.75, 3.05) is 43.1 Å². The van der Waals surface area contributed by atoms with Gasteiger partial charge in [0, 0.05) is 50.3 Å².